The molecule has 0 atom stereocenters. The molecule has 0 saturated carbocycles. The van der Waals surface area contributed by atoms with E-state index in [0.717, 1.165) is 29.8 Å². The summed E-state index contributed by atoms with van der Waals surface area (Å²) >= 11 is 0. The minimum Gasteiger partial charge on any atom is -0.496 e. The Balaban J connectivity index is 2.48. The zero-order valence-electron chi connectivity index (χ0n) is 12.2. The molecule has 0 heterocycles. The lowest BCUT2D eigenvalue weighted by Crippen LogP contribution is -2.37. The summed E-state index contributed by atoms with van der Waals surface area (Å²) in [6.07, 6.45) is 1.92. The molecule has 0 spiro atoms. The minimum atomic E-state index is 0.0298. The van der Waals surface area contributed by atoms with E-state index in [1.165, 1.54) is 0 Å². The second kappa shape index (κ2) is 7.67. The van der Waals surface area contributed by atoms with Crippen molar-refractivity contribution in [3.8, 4) is 5.75 Å². The molecule has 2 N–H and O–H groups in total. The quantitative estimate of drug-likeness (QED) is 0.796. The van der Waals surface area contributed by atoms with Crippen LogP contribution in [0.3, 0.4) is 0 Å². The van der Waals surface area contributed by atoms with Crippen LogP contribution in [0.2, 0.25) is 0 Å². The lowest BCUT2D eigenvalue weighted by Gasteiger charge is -2.15. The highest BCUT2D eigenvalue weighted by Crippen LogP contribution is 2.21. The number of carbonyl (C=O) groups is 1. The zero-order chi connectivity index (χ0) is 14.3. The van der Waals surface area contributed by atoms with E-state index >= 15 is 0 Å². The van der Waals surface area contributed by atoms with Gasteiger partial charge in [-0.3, -0.25) is 4.79 Å². The Morgan fingerprint density at radius 3 is 2.53 bits per heavy atom. The van der Waals surface area contributed by atoms with Gasteiger partial charge in [0.05, 0.1) is 13.7 Å². The van der Waals surface area contributed by atoms with E-state index in [-0.39, 0.29) is 11.9 Å². The summed E-state index contributed by atoms with van der Waals surface area (Å²) < 4.78 is 5.20. The van der Waals surface area contributed by atoms with E-state index in [4.69, 9.17) is 4.74 Å². The Morgan fingerprint density at radius 1 is 1.32 bits per heavy atom. The number of nitrogens with one attached hydrogen (secondary N) is 2. The van der Waals surface area contributed by atoms with E-state index in [1.807, 2.05) is 25.1 Å². The molecule has 1 aromatic rings. The Hall–Kier alpha value is -1.71. The van der Waals surface area contributed by atoms with Crippen LogP contribution >= 0.6 is 0 Å². The second-order valence-electron chi connectivity index (χ2n) is 4.62. The predicted molar refractivity (Wildman–Crippen MR) is 78.7 cm³/mol. The van der Waals surface area contributed by atoms with Gasteiger partial charge in [0.25, 0.3) is 0 Å². The van der Waals surface area contributed by atoms with Gasteiger partial charge in [0, 0.05) is 11.7 Å². The van der Waals surface area contributed by atoms with Crippen molar-refractivity contribution in [1.29, 1.82) is 0 Å². The third kappa shape index (κ3) is 4.81. The van der Waals surface area contributed by atoms with E-state index in [1.54, 1.807) is 7.11 Å². The number of anilines is 1. The molecular weight excluding hydrogens is 240 g/mol. The number of carbonyl (C=O) groups excluding carboxylic acids is 1. The van der Waals surface area contributed by atoms with Crippen molar-refractivity contribution >= 4 is 11.6 Å². The molecule has 0 aliphatic carbocycles. The standard InChI is InChI=1S/C15H24N2O2/c1-5-12(6-2)17-15(18)10-16-13-7-8-14(19-4)11(3)9-13/h7-9,12,16H,5-6,10H2,1-4H3,(H,17,18). The van der Waals surface area contributed by atoms with Crippen LogP contribution in [-0.2, 0) is 4.79 Å². The number of ether oxygens (including phenoxy) is 1. The van der Waals surface area contributed by atoms with E-state index in [0.29, 0.717) is 6.54 Å². The first-order valence-corrected chi connectivity index (χ1v) is 6.78. The first-order chi connectivity index (χ1) is 9.10. The highest BCUT2D eigenvalue weighted by Gasteiger charge is 2.08. The fourth-order valence-corrected chi connectivity index (χ4v) is 1.94. The molecule has 19 heavy (non-hydrogen) atoms. The molecular formula is C15H24N2O2. The van der Waals surface area contributed by atoms with Gasteiger partial charge in [0.2, 0.25) is 5.91 Å². The van der Waals surface area contributed by atoms with E-state index in [9.17, 15) is 4.79 Å². The summed E-state index contributed by atoms with van der Waals surface area (Å²) in [6.45, 7) is 6.43. The van der Waals surface area contributed by atoms with Gasteiger partial charge in [-0.15, -0.1) is 0 Å². The minimum absolute atomic E-state index is 0.0298. The predicted octanol–water partition coefficient (Wildman–Crippen LogP) is 2.72. The summed E-state index contributed by atoms with van der Waals surface area (Å²) in [4.78, 5) is 11.8. The monoisotopic (exact) mass is 264 g/mol. The van der Waals surface area contributed by atoms with Crippen LogP contribution in [0.15, 0.2) is 18.2 Å². The van der Waals surface area contributed by atoms with Gasteiger partial charge < -0.3 is 15.4 Å². The Kier molecular flexibility index (Phi) is 6.19. The van der Waals surface area contributed by atoms with Crippen LogP contribution in [0.1, 0.15) is 32.3 Å². The molecule has 0 bridgehead atoms. The number of aryl methyl sites for hydroxylation is 1. The maximum absolute atomic E-state index is 11.8. The van der Waals surface area contributed by atoms with Crippen molar-refractivity contribution < 1.29 is 9.53 Å². The van der Waals surface area contributed by atoms with E-state index in [2.05, 4.69) is 24.5 Å². The maximum atomic E-state index is 11.8. The van der Waals surface area contributed by atoms with Crippen molar-refractivity contribution in [3.63, 3.8) is 0 Å². The zero-order valence-corrected chi connectivity index (χ0v) is 12.2. The van der Waals surface area contributed by atoms with Crippen molar-refractivity contribution in [1.82, 2.24) is 5.32 Å². The summed E-state index contributed by atoms with van der Waals surface area (Å²) in [6, 6.07) is 6.06. The molecule has 1 aromatic carbocycles. The number of hydrogen-bond acceptors (Lipinski definition) is 3. The molecule has 0 unspecified atom stereocenters. The van der Waals surface area contributed by atoms with Gasteiger partial charge >= 0.3 is 0 Å². The number of benzene rings is 1. The van der Waals surface area contributed by atoms with Gasteiger partial charge in [-0.1, -0.05) is 13.8 Å². The highest BCUT2D eigenvalue weighted by atomic mass is 16.5. The van der Waals surface area contributed by atoms with Crippen LogP contribution in [-0.4, -0.2) is 25.6 Å². The fourth-order valence-electron chi connectivity index (χ4n) is 1.94. The van der Waals surface area contributed by atoms with Crippen LogP contribution in [0, 0.1) is 6.92 Å². The SMILES string of the molecule is CCC(CC)NC(=O)CNc1ccc(OC)c(C)c1. The van der Waals surface area contributed by atoms with Crippen molar-refractivity contribution in [3.05, 3.63) is 23.8 Å². The van der Waals surface area contributed by atoms with Crippen molar-refractivity contribution in [2.45, 2.75) is 39.7 Å². The third-order valence-electron chi connectivity index (χ3n) is 3.20. The smallest absolute Gasteiger partial charge is 0.239 e. The lowest BCUT2D eigenvalue weighted by atomic mass is 10.2. The molecule has 0 saturated heterocycles. The van der Waals surface area contributed by atoms with Crippen LogP contribution in [0.4, 0.5) is 5.69 Å². The van der Waals surface area contributed by atoms with Crippen molar-refractivity contribution in [2.75, 3.05) is 19.0 Å². The molecule has 0 aromatic heterocycles. The molecule has 106 valence electrons. The van der Waals surface area contributed by atoms with Crippen LogP contribution in [0.25, 0.3) is 0 Å². The average molecular weight is 264 g/mol. The van der Waals surface area contributed by atoms with Gasteiger partial charge in [0.15, 0.2) is 0 Å². The molecule has 1 amide bonds. The maximum Gasteiger partial charge on any atom is 0.239 e. The first-order valence-electron chi connectivity index (χ1n) is 6.78. The third-order valence-corrected chi connectivity index (χ3v) is 3.20. The summed E-state index contributed by atoms with van der Waals surface area (Å²) in [5, 5.41) is 6.12. The normalized spacial score (nSPS) is 10.4. The van der Waals surface area contributed by atoms with Crippen molar-refractivity contribution in [2.24, 2.45) is 0 Å². The van der Waals surface area contributed by atoms with Crippen LogP contribution < -0.4 is 15.4 Å². The molecule has 0 aliphatic heterocycles. The molecule has 4 nitrogen and oxygen atoms in total. The van der Waals surface area contributed by atoms with Gasteiger partial charge in [0.1, 0.15) is 5.75 Å². The molecule has 0 radical (unpaired) electrons. The molecule has 1 rings (SSSR count). The van der Waals surface area contributed by atoms with Gasteiger partial charge in [-0.2, -0.15) is 0 Å². The number of rotatable bonds is 7. The number of methoxy groups -OCH3 is 1. The van der Waals surface area contributed by atoms with Gasteiger partial charge in [-0.05, 0) is 43.5 Å². The molecule has 0 fully saturated rings. The topological polar surface area (TPSA) is 50.4 Å². The second-order valence-corrected chi connectivity index (χ2v) is 4.62. The largest absolute Gasteiger partial charge is 0.496 e. The van der Waals surface area contributed by atoms with Gasteiger partial charge in [-0.25, -0.2) is 0 Å². The molecule has 0 aliphatic rings. The average Bonchev–Trinajstić information content (AvgIpc) is 2.42. The highest BCUT2D eigenvalue weighted by molar-refractivity contribution is 5.81. The molecule has 4 heteroatoms. The Bertz CT molecular complexity index is 415. The Morgan fingerprint density at radius 2 is 2.00 bits per heavy atom. The van der Waals surface area contributed by atoms with Crippen LogP contribution in [0.5, 0.6) is 5.75 Å². The number of amides is 1. The van der Waals surface area contributed by atoms with E-state index < -0.39 is 0 Å². The fraction of sp³-hybridized carbons (Fsp3) is 0.533. The number of hydrogen-bond donors (Lipinski definition) is 2. The first kappa shape index (κ1) is 15.3. The summed E-state index contributed by atoms with van der Waals surface area (Å²) in [5.41, 5.74) is 1.98. The Labute approximate surface area is 115 Å². The lowest BCUT2D eigenvalue weighted by molar-refractivity contribution is -0.120. The summed E-state index contributed by atoms with van der Waals surface area (Å²) in [5.74, 6) is 0.884. The summed E-state index contributed by atoms with van der Waals surface area (Å²) in [7, 11) is 1.65.